The molecule has 1 saturated heterocycles. The highest BCUT2D eigenvalue weighted by Crippen LogP contribution is 2.29. The molecule has 7 atom stereocenters. The van der Waals surface area contributed by atoms with Crippen LogP contribution in [0.1, 0.15) is 84.3 Å². The largest absolute Gasteiger partial charge is 0.451 e. The van der Waals surface area contributed by atoms with Gasteiger partial charge in [-0.1, -0.05) is 55.8 Å². The summed E-state index contributed by atoms with van der Waals surface area (Å²) in [7, 11) is 3.00. The molecule has 24 heteroatoms. The van der Waals surface area contributed by atoms with Crippen molar-refractivity contribution in [1.29, 1.82) is 5.26 Å². The number of aromatic nitrogens is 1. The number of amides is 6. The van der Waals surface area contributed by atoms with Gasteiger partial charge in [0.15, 0.2) is 6.10 Å². The number of esters is 1. The summed E-state index contributed by atoms with van der Waals surface area (Å²) < 4.78 is 109. The molecule has 6 amide bonds. The van der Waals surface area contributed by atoms with Crippen molar-refractivity contribution in [2.45, 2.75) is 141 Å². The zero-order valence-corrected chi connectivity index (χ0v) is 43.1. The standard InChI is InChI=1S/C49H60BrF7N8O8/c1-26(2)18-34-44(69)62(6)28(5)47(72)73-40(10-9-17-58)43(68)61-36(23-49(55,56)57)46(71)63(7)38(19-27(3)4)41(66)60-35(22-48(52,53)54)45(70)64(8)39(42(67)59-34)20-30-25-65(24-29-11-13-31(50)14-12-29)37-16-15-32(51)21-33(30)37/h11-16,21,25-28,34-36,38-40H,9-10,18-20,22-24H2,1-8H3,(H,59,67)(H,60,66)(H,61,68)/t28-,34-,35-,36-,38-,39-,40+/m0/s1. The molecule has 4 rings (SSSR count). The van der Waals surface area contributed by atoms with Gasteiger partial charge in [-0.05, 0) is 73.1 Å². The first-order chi connectivity index (χ1) is 33.9. The molecule has 0 radical (unpaired) electrons. The molecule has 3 N–H and O–H groups in total. The fraction of sp³-hybridized carbons (Fsp3) is 0.551. The van der Waals surface area contributed by atoms with E-state index >= 15 is 4.39 Å². The molecule has 2 heterocycles. The van der Waals surface area contributed by atoms with Crippen molar-refractivity contribution in [3.63, 3.8) is 0 Å². The smallest absolute Gasteiger partial charge is 0.391 e. The minimum Gasteiger partial charge on any atom is -0.451 e. The summed E-state index contributed by atoms with van der Waals surface area (Å²) in [6.45, 7) is 7.81. The van der Waals surface area contributed by atoms with E-state index in [2.05, 4.69) is 21.2 Å². The first-order valence-corrected chi connectivity index (χ1v) is 24.1. The Morgan fingerprint density at radius 1 is 0.712 bits per heavy atom. The first-order valence-electron chi connectivity index (χ1n) is 23.3. The number of nitrogens with zero attached hydrogens (tertiary/aromatic N) is 5. The quantitative estimate of drug-likeness (QED) is 0.137. The van der Waals surface area contributed by atoms with Gasteiger partial charge in [-0.25, -0.2) is 9.18 Å². The molecule has 0 unspecified atom stereocenters. The summed E-state index contributed by atoms with van der Waals surface area (Å²) in [5.41, 5.74) is 1.49. The van der Waals surface area contributed by atoms with E-state index in [4.69, 9.17) is 4.74 Å². The number of ether oxygens (including phenoxy) is 1. The van der Waals surface area contributed by atoms with Crippen molar-refractivity contribution >= 4 is 68.2 Å². The van der Waals surface area contributed by atoms with Crippen LogP contribution in [0.3, 0.4) is 0 Å². The van der Waals surface area contributed by atoms with Gasteiger partial charge in [-0.15, -0.1) is 0 Å². The van der Waals surface area contributed by atoms with Gasteiger partial charge in [0.2, 0.25) is 29.5 Å². The highest BCUT2D eigenvalue weighted by Gasteiger charge is 2.45. The van der Waals surface area contributed by atoms with Crippen LogP contribution in [-0.2, 0) is 51.3 Å². The zero-order chi connectivity index (χ0) is 54.9. The second kappa shape index (κ2) is 25.1. The minimum atomic E-state index is -5.19. The molecule has 3 aromatic rings. The molecule has 1 aliphatic heterocycles. The third-order valence-electron chi connectivity index (χ3n) is 12.3. The van der Waals surface area contributed by atoms with Crippen LogP contribution in [0, 0.1) is 29.0 Å². The number of nitriles is 1. The Labute approximate surface area is 426 Å². The number of hydrogen-bond donors (Lipinski definition) is 3. The van der Waals surface area contributed by atoms with Crippen LogP contribution in [0.5, 0.6) is 0 Å². The van der Waals surface area contributed by atoms with Crippen LogP contribution in [0.25, 0.3) is 10.9 Å². The third kappa shape index (κ3) is 16.6. The Morgan fingerprint density at radius 2 is 1.22 bits per heavy atom. The zero-order valence-electron chi connectivity index (χ0n) is 41.5. The summed E-state index contributed by atoms with van der Waals surface area (Å²) in [5, 5.41) is 16.1. The Bertz CT molecular complexity index is 2530. The Morgan fingerprint density at radius 3 is 1.75 bits per heavy atom. The van der Waals surface area contributed by atoms with E-state index in [9.17, 15) is 65.2 Å². The second-order valence-corrected chi connectivity index (χ2v) is 19.9. The molecule has 0 spiro atoms. The molecule has 1 aromatic heterocycles. The lowest BCUT2D eigenvalue weighted by molar-refractivity contribution is -0.166. The van der Waals surface area contributed by atoms with Gasteiger partial charge in [0.05, 0.1) is 18.9 Å². The van der Waals surface area contributed by atoms with Crippen molar-refractivity contribution < 1.29 is 69.0 Å². The van der Waals surface area contributed by atoms with E-state index in [0.29, 0.717) is 15.3 Å². The number of rotatable bonds is 12. The van der Waals surface area contributed by atoms with Crippen LogP contribution in [0.15, 0.2) is 53.1 Å². The summed E-state index contributed by atoms with van der Waals surface area (Å²) >= 11 is 3.39. The number of fused-ring (bicyclic) bond motifs is 1. The molecule has 16 nitrogen and oxygen atoms in total. The van der Waals surface area contributed by atoms with Crippen molar-refractivity contribution in [3.05, 3.63) is 70.1 Å². The normalized spacial score (nSPS) is 23.1. The van der Waals surface area contributed by atoms with Crippen molar-refractivity contribution in [3.8, 4) is 6.07 Å². The fourth-order valence-corrected chi connectivity index (χ4v) is 8.62. The van der Waals surface area contributed by atoms with E-state index in [1.807, 2.05) is 22.8 Å². The van der Waals surface area contributed by atoms with Crippen molar-refractivity contribution in [2.24, 2.45) is 11.8 Å². The summed E-state index contributed by atoms with van der Waals surface area (Å²) in [6, 6.07) is 0.920. The third-order valence-corrected chi connectivity index (χ3v) is 12.8. The predicted octanol–water partition coefficient (Wildman–Crippen LogP) is 6.32. The Hall–Kier alpha value is -6.25. The number of carbonyl (C=O) groups is 7. The summed E-state index contributed by atoms with van der Waals surface area (Å²) in [6.07, 6.45) is -17.0. The molecule has 0 saturated carbocycles. The molecule has 1 fully saturated rings. The average Bonchev–Trinajstić information content (AvgIpc) is 3.62. The molecular weight excluding hydrogens is 1040 g/mol. The van der Waals surface area contributed by atoms with E-state index in [1.54, 1.807) is 42.8 Å². The topological polar surface area (TPSA) is 203 Å². The van der Waals surface area contributed by atoms with Gasteiger partial charge in [0.1, 0.15) is 42.1 Å². The van der Waals surface area contributed by atoms with Gasteiger partial charge >= 0.3 is 18.3 Å². The van der Waals surface area contributed by atoms with Crippen LogP contribution in [-0.4, -0.2) is 137 Å². The molecule has 2 aromatic carbocycles. The monoisotopic (exact) mass is 1100 g/mol. The maximum atomic E-state index is 15.1. The predicted molar refractivity (Wildman–Crippen MR) is 255 cm³/mol. The lowest BCUT2D eigenvalue weighted by atomic mass is 9.98. The molecule has 73 heavy (non-hydrogen) atoms. The number of hydrogen-bond acceptors (Lipinski definition) is 9. The number of benzene rings is 2. The highest BCUT2D eigenvalue weighted by atomic mass is 79.9. The Kier molecular flexibility index (Phi) is 20.4. The van der Waals surface area contributed by atoms with Gasteiger partial charge < -0.3 is 40.0 Å². The average molecular weight is 1100 g/mol. The van der Waals surface area contributed by atoms with Crippen LogP contribution >= 0.6 is 15.9 Å². The molecular formula is C49H60BrF7N8O8. The number of carbonyl (C=O) groups excluding carboxylic acids is 7. The maximum Gasteiger partial charge on any atom is 0.391 e. The fourth-order valence-electron chi connectivity index (χ4n) is 8.35. The minimum absolute atomic E-state index is 0.127. The van der Waals surface area contributed by atoms with Crippen LogP contribution < -0.4 is 16.0 Å². The van der Waals surface area contributed by atoms with Crippen LogP contribution in [0.2, 0.25) is 0 Å². The number of halogens is 8. The number of nitrogens with one attached hydrogen (secondary N) is 3. The lowest BCUT2D eigenvalue weighted by Gasteiger charge is -2.35. The van der Waals surface area contributed by atoms with Gasteiger partial charge in [0, 0.05) is 68.5 Å². The van der Waals surface area contributed by atoms with E-state index in [-0.39, 0.29) is 29.8 Å². The van der Waals surface area contributed by atoms with Crippen molar-refractivity contribution in [1.82, 2.24) is 35.2 Å². The van der Waals surface area contributed by atoms with Gasteiger partial charge in [-0.3, -0.25) is 28.8 Å². The molecule has 0 aliphatic carbocycles. The number of likely N-dealkylation sites (N-methyl/N-ethyl adjacent to an activating group) is 3. The van der Waals surface area contributed by atoms with Gasteiger partial charge in [0.25, 0.3) is 5.91 Å². The SMILES string of the molecule is CC(C)C[C@@H]1NC(=O)[C@H](Cc2cn(Cc3ccc(Br)cc3)c3ccc(F)cc23)N(C)C(=O)[C@H](CC(F)(F)F)NC(=O)[C@H](CC(C)C)N(C)C(=O)[C@H](CC(F)(F)F)NC(=O)[C@@H](CCC#N)OC(=O)[C@H](C)N(C)C1=O. The number of alkyl halides is 6. The van der Waals surface area contributed by atoms with E-state index in [1.165, 1.54) is 39.0 Å². The van der Waals surface area contributed by atoms with Gasteiger partial charge in [-0.2, -0.15) is 31.6 Å². The highest BCUT2D eigenvalue weighted by molar-refractivity contribution is 9.10. The second-order valence-electron chi connectivity index (χ2n) is 19.0. The summed E-state index contributed by atoms with van der Waals surface area (Å²) in [5.74, 6) is -10.9. The van der Waals surface area contributed by atoms with E-state index in [0.717, 1.165) is 36.1 Å². The van der Waals surface area contributed by atoms with Crippen molar-refractivity contribution in [2.75, 3.05) is 21.1 Å². The first kappa shape index (κ1) is 59.3. The Balaban J connectivity index is 1.97. The van der Waals surface area contributed by atoms with E-state index < -0.39 is 146 Å². The molecule has 0 bridgehead atoms. The summed E-state index contributed by atoms with van der Waals surface area (Å²) in [4.78, 5) is 102. The molecule has 400 valence electrons. The van der Waals surface area contributed by atoms with Crippen LogP contribution in [0.4, 0.5) is 30.7 Å². The lowest BCUT2D eigenvalue weighted by Crippen LogP contribution is -2.61. The molecule has 1 aliphatic rings. The maximum absolute atomic E-state index is 15.1. The number of cyclic esters (lactones) is 1.